The molecule has 0 rings (SSSR count). The largest absolute Gasteiger partial charge is 1.00 e. The van der Waals surface area contributed by atoms with Crippen LogP contribution in [0, 0.1) is 7.43 Å². The number of rotatable bonds is 0. The van der Waals surface area contributed by atoms with E-state index in [1.54, 1.807) is 0 Å². The lowest BCUT2D eigenvalue weighted by molar-refractivity contribution is -0.00000249. The summed E-state index contributed by atoms with van der Waals surface area (Å²) in [5.74, 6) is 0. The smallest absolute Gasteiger partial charge is 0.0969 e. The van der Waals surface area contributed by atoms with Gasteiger partial charge in [-0.05, 0) is 21.8 Å². The number of hydrogen-bond donors (Lipinski definition) is 0. The third kappa shape index (κ3) is 328. The normalized spacial score (nSPS) is 7.20. The van der Waals surface area contributed by atoms with Crippen LogP contribution in [0.4, 0.5) is 0 Å². The molecule has 0 aromatic rings. The predicted molar refractivity (Wildman–Crippen MR) is 56.7 cm³/mol. The second-order valence-electron chi connectivity index (χ2n) is 2.45. The molecule has 0 amide bonds. The van der Waals surface area contributed by atoms with Crippen molar-refractivity contribution in [3.63, 3.8) is 0 Å². The third-order valence-electron chi connectivity index (χ3n) is 0. The average molecular weight is 296 g/mol. The molecule has 0 atom stereocenters. The lowest BCUT2D eigenvalue weighted by Gasteiger charge is -1.69. The lowest BCUT2D eigenvalue weighted by Crippen LogP contribution is -3.00. The fraction of sp³-hybridized carbons (Fsp3) is 0.857. The monoisotopic (exact) mass is 296 g/mol. The van der Waals surface area contributed by atoms with Crippen LogP contribution in [0.1, 0.15) is 0 Å². The Balaban J connectivity index is -0.0000000300. The van der Waals surface area contributed by atoms with Crippen LogP contribution >= 0.6 is 0 Å². The van der Waals surface area contributed by atoms with Gasteiger partial charge in [-0.2, -0.15) is 0 Å². The highest BCUT2D eigenvalue weighted by molar-refractivity contribution is 7.95. The van der Waals surface area contributed by atoms with Gasteiger partial charge >= 0.3 is 0 Å². The van der Waals surface area contributed by atoms with Crippen molar-refractivity contribution in [1.82, 2.24) is 0 Å². The van der Waals surface area contributed by atoms with E-state index in [1.807, 2.05) is 0 Å². The summed E-state index contributed by atoms with van der Waals surface area (Å²) in [6.45, 7) is 0. The van der Waals surface area contributed by atoms with E-state index in [0.29, 0.717) is 21.8 Å². The summed E-state index contributed by atoms with van der Waals surface area (Å²) in [4.78, 5) is 0. The SMILES string of the molecule is C[S+](C)C.C[S+](C)C.[CH3-].[I-]. The van der Waals surface area contributed by atoms with Crippen molar-refractivity contribution in [3.8, 4) is 0 Å². The first-order chi connectivity index (χ1) is 3.46. The zero-order valence-electron chi connectivity index (χ0n) is 8.19. The molecular formula is C7H21IS2. The Morgan fingerprint density at radius 2 is 0.600 bits per heavy atom. The summed E-state index contributed by atoms with van der Waals surface area (Å²) < 4.78 is 0. The standard InChI is InChI=1S/2C3H9S.CH3.HI/c2*1-4(2)3;;/h2*1-3H3;1H3;1H/q2*+1;-1;/p-1. The summed E-state index contributed by atoms with van der Waals surface area (Å²) in [5.41, 5.74) is 0. The van der Waals surface area contributed by atoms with Gasteiger partial charge in [0.05, 0.1) is 37.5 Å². The van der Waals surface area contributed by atoms with Crippen molar-refractivity contribution in [2.24, 2.45) is 0 Å². The zero-order chi connectivity index (χ0) is 7.15. The zero-order valence-corrected chi connectivity index (χ0v) is 12.0. The summed E-state index contributed by atoms with van der Waals surface area (Å²) >= 11 is 0. The van der Waals surface area contributed by atoms with E-state index in [-0.39, 0.29) is 31.4 Å². The molecular weight excluding hydrogens is 275 g/mol. The molecule has 0 N–H and O–H groups in total. The Bertz CT molecular complexity index is 27.1. The maximum absolute atomic E-state index is 2.19. The fourth-order valence-electron chi connectivity index (χ4n) is 0. The summed E-state index contributed by atoms with van der Waals surface area (Å²) in [5, 5.41) is 0. The first kappa shape index (κ1) is 22.5. The van der Waals surface area contributed by atoms with Gasteiger partial charge in [0.2, 0.25) is 0 Å². The van der Waals surface area contributed by atoms with Crippen LogP contribution in [0.3, 0.4) is 0 Å². The molecule has 0 aliphatic carbocycles. The van der Waals surface area contributed by atoms with E-state index in [9.17, 15) is 0 Å². The van der Waals surface area contributed by atoms with Gasteiger partial charge in [0.15, 0.2) is 0 Å². The molecule has 0 fully saturated rings. The minimum Gasteiger partial charge on any atom is -1.00 e. The number of halogens is 1. The van der Waals surface area contributed by atoms with Gasteiger partial charge in [0.25, 0.3) is 0 Å². The molecule has 0 nitrogen and oxygen atoms in total. The minimum atomic E-state index is 0. The summed E-state index contributed by atoms with van der Waals surface area (Å²) in [6.07, 6.45) is 13.2. The molecule has 0 aliphatic heterocycles. The molecule has 0 radical (unpaired) electrons. The Labute approximate surface area is 90.3 Å². The second-order valence-corrected chi connectivity index (χ2v) is 7.35. The Hall–Kier alpha value is 1.43. The molecule has 0 aromatic carbocycles. The molecule has 0 aromatic heterocycles. The van der Waals surface area contributed by atoms with Crippen molar-refractivity contribution in [2.75, 3.05) is 37.5 Å². The van der Waals surface area contributed by atoms with E-state index in [1.165, 1.54) is 0 Å². The molecule has 10 heavy (non-hydrogen) atoms. The minimum absolute atomic E-state index is 0. The molecule has 0 unspecified atom stereocenters. The molecule has 0 bridgehead atoms. The molecule has 0 spiro atoms. The van der Waals surface area contributed by atoms with E-state index < -0.39 is 0 Å². The van der Waals surface area contributed by atoms with Crippen LogP contribution in [0.5, 0.6) is 0 Å². The number of hydrogen-bond acceptors (Lipinski definition) is 0. The molecule has 68 valence electrons. The average Bonchev–Trinajstić information content (AvgIpc) is 1.25. The Morgan fingerprint density at radius 1 is 0.600 bits per heavy atom. The Morgan fingerprint density at radius 3 is 0.600 bits per heavy atom. The van der Waals surface area contributed by atoms with Crippen LogP contribution in [0.15, 0.2) is 0 Å². The van der Waals surface area contributed by atoms with Crippen molar-refractivity contribution in [2.45, 2.75) is 0 Å². The second kappa shape index (κ2) is 16.8. The van der Waals surface area contributed by atoms with Crippen LogP contribution in [-0.4, -0.2) is 37.5 Å². The van der Waals surface area contributed by atoms with Crippen molar-refractivity contribution in [3.05, 3.63) is 7.43 Å². The van der Waals surface area contributed by atoms with E-state index in [0.717, 1.165) is 0 Å². The van der Waals surface area contributed by atoms with E-state index in [2.05, 4.69) is 37.5 Å². The molecule has 0 aliphatic rings. The third-order valence-corrected chi connectivity index (χ3v) is 0. The molecule has 0 saturated carbocycles. The van der Waals surface area contributed by atoms with Crippen LogP contribution in [-0.2, 0) is 21.8 Å². The van der Waals surface area contributed by atoms with Gasteiger partial charge in [-0.15, -0.1) is 0 Å². The topological polar surface area (TPSA) is 0 Å². The molecule has 3 heteroatoms. The predicted octanol–water partition coefficient (Wildman–Crippen LogP) is -1.56. The maximum Gasteiger partial charge on any atom is 0.0969 e. The highest BCUT2D eigenvalue weighted by atomic mass is 127. The van der Waals surface area contributed by atoms with Crippen LogP contribution < -0.4 is 24.0 Å². The maximum atomic E-state index is 2.19. The van der Waals surface area contributed by atoms with Crippen molar-refractivity contribution in [1.29, 1.82) is 0 Å². The van der Waals surface area contributed by atoms with Gasteiger partial charge in [-0.25, -0.2) is 0 Å². The summed E-state index contributed by atoms with van der Waals surface area (Å²) in [6, 6.07) is 0. The molecule has 0 saturated heterocycles. The van der Waals surface area contributed by atoms with Gasteiger partial charge < -0.3 is 31.4 Å². The van der Waals surface area contributed by atoms with Crippen molar-refractivity contribution < 1.29 is 24.0 Å². The van der Waals surface area contributed by atoms with E-state index in [4.69, 9.17) is 0 Å². The van der Waals surface area contributed by atoms with Gasteiger partial charge in [-0.3, -0.25) is 0 Å². The lowest BCUT2D eigenvalue weighted by atomic mass is 11.9. The first-order valence-electron chi connectivity index (χ1n) is 2.45. The van der Waals surface area contributed by atoms with Gasteiger partial charge in [0, 0.05) is 0 Å². The van der Waals surface area contributed by atoms with Crippen LogP contribution in [0.25, 0.3) is 0 Å². The highest BCUT2D eigenvalue weighted by Crippen LogP contribution is 1.64. The van der Waals surface area contributed by atoms with E-state index >= 15 is 0 Å². The highest BCUT2D eigenvalue weighted by Gasteiger charge is 1.78. The quantitative estimate of drug-likeness (QED) is 0.288. The fourth-order valence-corrected chi connectivity index (χ4v) is 0. The van der Waals surface area contributed by atoms with Crippen LogP contribution in [0.2, 0.25) is 0 Å². The molecule has 0 heterocycles. The van der Waals surface area contributed by atoms with Gasteiger partial charge in [0.1, 0.15) is 0 Å². The Kier molecular flexibility index (Phi) is 37.8. The summed E-state index contributed by atoms with van der Waals surface area (Å²) in [7, 11) is 1.28. The van der Waals surface area contributed by atoms with Gasteiger partial charge in [-0.1, -0.05) is 0 Å². The van der Waals surface area contributed by atoms with Crippen molar-refractivity contribution >= 4 is 21.8 Å². The first-order valence-corrected chi connectivity index (χ1v) is 7.35.